The zero-order valence-electron chi connectivity index (χ0n) is 18.2. The molecule has 0 aliphatic rings. The van der Waals surface area contributed by atoms with Gasteiger partial charge in [0.2, 0.25) is 21.9 Å². The van der Waals surface area contributed by atoms with E-state index >= 15 is 0 Å². The van der Waals surface area contributed by atoms with Crippen LogP contribution in [0.3, 0.4) is 0 Å². The van der Waals surface area contributed by atoms with E-state index in [1.807, 2.05) is 36.4 Å². The number of hydrogen-bond donors (Lipinski definition) is 2. The molecule has 33 heavy (non-hydrogen) atoms. The van der Waals surface area contributed by atoms with Crippen molar-refractivity contribution < 1.29 is 23.5 Å². The number of methoxy groups -OCH3 is 1. The molecule has 0 saturated heterocycles. The molecule has 2 amide bonds. The summed E-state index contributed by atoms with van der Waals surface area (Å²) in [5, 5.41) is 17.6. The first-order valence-corrected chi connectivity index (χ1v) is 11.4. The highest BCUT2D eigenvalue weighted by Gasteiger charge is 2.23. The number of anilines is 2. The Balaban J connectivity index is 1.72. The van der Waals surface area contributed by atoms with Crippen LogP contribution in [0.25, 0.3) is 5.13 Å². The number of ether oxygens (including phenoxy) is 2. The Morgan fingerprint density at radius 1 is 1.27 bits per heavy atom. The number of carbonyl (C=O) groups is 2. The van der Waals surface area contributed by atoms with Crippen LogP contribution in [0.15, 0.2) is 27.5 Å². The third kappa shape index (κ3) is 6.35. The summed E-state index contributed by atoms with van der Waals surface area (Å²) in [6.07, 6.45) is 1.49. The van der Waals surface area contributed by atoms with E-state index in [1.54, 1.807) is 13.2 Å². The van der Waals surface area contributed by atoms with E-state index in [2.05, 4.69) is 25.9 Å². The van der Waals surface area contributed by atoms with Crippen molar-refractivity contribution in [3.8, 4) is 10.9 Å². The third-order valence-electron chi connectivity index (χ3n) is 3.99. The number of hydrogen-bond acceptors (Lipinski definition) is 10. The van der Waals surface area contributed by atoms with Gasteiger partial charge in [0.1, 0.15) is 5.82 Å². The van der Waals surface area contributed by atoms with Gasteiger partial charge in [0.05, 0.1) is 23.0 Å². The molecule has 0 radical (unpaired) electrons. The first-order valence-electron chi connectivity index (χ1n) is 9.52. The maximum Gasteiger partial charge on any atom is 0.380 e. The summed E-state index contributed by atoms with van der Waals surface area (Å²) in [4.78, 5) is 36.3. The van der Waals surface area contributed by atoms with Gasteiger partial charge in [-0.15, -0.1) is 10.2 Å². The lowest BCUT2D eigenvalue weighted by Crippen LogP contribution is -2.28. The molecular weight excluding hydrogens is 567 g/mol. The SMILES string of the molecule is COCC(C)(C)COc1c(I)cc(C(=O)Nc2nnc(-n3nccc3NC(C)=O)s2)oc1=O. The molecule has 176 valence electrons. The summed E-state index contributed by atoms with van der Waals surface area (Å²) >= 11 is 2.92. The Morgan fingerprint density at radius 3 is 2.70 bits per heavy atom. The molecule has 2 N–H and O–H groups in total. The molecule has 0 aliphatic heterocycles. The molecule has 0 atom stereocenters. The van der Waals surface area contributed by atoms with E-state index in [-0.39, 0.29) is 34.6 Å². The lowest BCUT2D eigenvalue weighted by Gasteiger charge is -2.23. The van der Waals surface area contributed by atoms with E-state index < -0.39 is 11.5 Å². The highest BCUT2D eigenvalue weighted by molar-refractivity contribution is 14.1. The lowest BCUT2D eigenvalue weighted by molar-refractivity contribution is -0.114. The minimum atomic E-state index is -0.769. The minimum absolute atomic E-state index is 0.0266. The fourth-order valence-corrected chi connectivity index (χ4v) is 4.01. The van der Waals surface area contributed by atoms with Gasteiger partial charge < -0.3 is 19.2 Å². The van der Waals surface area contributed by atoms with Crippen molar-refractivity contribution >= 4 is 56.7 Å². The third-order valence-corrected chi connectivity index (χ3v) is 5.61. The predicted molar refractivity (Wildman–Crippen MR) is 128 cm³/mol. The van der Waals surface area contributed by atoms with E-state index in [9.17, 15) is 14.4 Å². The number of nitrogens with one attached hydrogen (secondary N) is 2. The first kappa shape index (κ1) is 24.8. The van der Waals surface area contributed by atoms with Crippen molar-refractivity contribution in [1.82, 2.24) is 20.0 Å². The average Bonchev–Trinajstić information content (AvgIpc) is 3.35. The van der Waals surface area contributed by atoms with Crippen molar-refractivity contribution in [2.75, 3.05) is 31.0 Å². The molecule has 3 heterocycles. The van der Waals surface area contributed by atoms with Gasteiger partial charge >= 0.3 is 5.63 Å². The van der Waals surface area contributed by atoms with Crippen LogP contribution in [-0.4, -0.2) is 52.1 Å². The van der Waals surface area contributed by atoms with E-state index in [4.69, 9.17) is 13.9 Å². The van der Waals surface area contributed by atoms with Crippen LogP contribution in [0.2, 0.25) is 0 Å². The molecule has 14 heteroatoms. The van der Waals surface area contributed by atoms with Crippen molar-refractivity contribution in [1.29, 1.82) is 0 Å². The van der Waals surface area contributed by atoms with Crippen LogP contribution in [0, 0.1) is 8.99 Å². The van der Waals surface area contributed by atoms with Crippen LogP contribution in [0.4, 0.5) is 10.9 Å². The molecule has 3 aromatic rings. The standard InChI is InChI=1S/C19H21IN6O6S/c1-10(27)22-13-5-6-21-26(13)18-25-24-17(33-18)23-15(28)12-7-11(20)14(16(29)32-12)31-9-19(2,3)8-30-4/h5-7H,8-9H2,1-4H3,(H,22,27)(H,23,24,28). The van der Waals surface area contributed by atoms with Crippen molar-refractivity contribution in [3.05, 3.63) is 38.1 Å². The second kappa shape index (κ2) is 10.4. The molecule has 0 bridgehead atoms. The van der Waals surface area contributed by atoms with E-state index in [0.29, 0.717) is 21.1 Å². The fraction of sp³-hybridized carbons (Fsp3) is 0.368. The van der Waals surface area contributed by atoms with Gasteiger partial charge in [-0.25, -0.2) is 4.79 Å². The van der Waals surface area contributed by atoms with Gasteiger partial charge in [-0.2, -0.15) is 9.78 Å². The van der Waals surface area contributed by atoms with Crippen molar-refractivity contribution in [2.24, 2.45) is 5.41 Å². The molecule has 0 spiro atoms. The summed E-state index contributed by atoms with van der Waals surface area (Å²) in [5.74, 6) is -0.724. The number of carbonyl (C=O) groups excluding carboxylic acids is 2. The van der Waals surface area contributed by atoms with Gasteiger partial charge in [0.25, 0.3) is 5.91 Å². The number of halogens is 1. The minimum Gasteiger partial charge on any atom is -0.485 e. The number of nitrogens with zero attached hydrogens (tertiary/aromatic N) is 4. The number of aromatic nitrogens is 4. The van der Waals surface area contributed by atoms with Crippen LogP contribution in [0.1, 0.15) is 31.3 Å². The van der Waals surface area contributed by atoms with Crippen LogP contribution < -0.4 is 21.0 Å². The van der Waals surface area contributed by atoms with Gasteiger partial charge in [0.15, 0.2) is 5.76 Å². The molecule has 12 nitrogen and oxygen atoms in total. The van der Waals surface area contributed by atoms with Gasteiger partial charge in [-0.05, 0) is 22.6 Å². The molecule has 0 fully saturated rings. The highest BCUT2D eigenvalue weighted by Crippen LogP contribution is 2.24. The smallest absolute Gasteiger partial charge is 0.380 e. The molecule has 3 rings (SSSR count). The van der Waals surface area contributed by atoms with Crippen molar-refractivity contribution in [3.63, 3.8) is 0 Å². The molecule has 0 saturated carbocycles. The summed E-state index contributed by atoms with van der Waals surface area (Å²) in [7, 11) is 1.59. The molecule has 0 aromatic carbocycles. The van der Waals surface area contributed by atoms with Crippen molar-refractivity contribution in [2.45, 2.75) is 20.8 Å². The monoisotopic (exact) mass is 588 g/mol. The molecule has 0 unspecified atom stereocenters. The second-order valence-corrected chi connectivity index (χ2v) is 9.73. The normalized spacial score (nSPS) is 11.3. The van der Waals surface area contributed by atoms with Gasteiger partial charge in [-0.3, -0.25) is 14.9 Å². The van der Waals surface area contributed by atoms with Gasteiger partial charge in [0, 0.05) is 31.6 Å². The summed E-state index contributed by atoms with van der Waals surface area (Å²) in [6.45, 7) is 5.92. The maximum absolute atomic E-state index is 12.6. The zero-order chi connectivity index (χ0) is 24.2. The topological polar surface area (TPSA) is 150 Å². The lowest BCUT2D eigenvalue weighted by atomic mass is 9.96. The quantitative estimate of drug-likeness (QED) is 0.360. The second-order valence-electron chi connectivity index (χ2n) is 7.61. The number of amides is 2. The Labute approximate surface area is 205 Å². The van der Waals surface area contributed by atoms with E-state index in [1.165, 1.54) is 23.9 Å². The van der Waals surface area contributed by atoms with Gasteiger partial charge in [-0.1, -0.05) is 25.2 Å². The highest BCUT2D eigenvalue weighted by atomic mass is 127. The first-order chi connectivity index (χ1) is 15.6. The zero-order valence-corrected chi connectivity index (χ0v) is 21.1. The number of rotatable bonds is 9. The summed E-state index contributed by atoms with van der Waals surface area (Å²) in [5.41, 5.74) is -1.08. The maximum atomic E-state index is 12.6. The van der Waals surface area contributed by atoms with E-state index in [0.717, 1.165) is 11.3 Å². The summed E-state index contributed by atoms with van der Waals surface area (Å²) < 4.78 is 17.7. The Hall–Kier alpha value is -2.85. The Kier molecular flexibility index (Phi) is 7.80. The predicted octanol–water partition coefficient (Wildman–Crippen LogP) is 2.54. The largest absolute Gasteiger partial charge is 0.485 e. The Bertz CT molecular complexity index is 1220. The summed E-state index contributed by atoms with van der Waals surface area (Å²) in [6, 6.07) is 3.00. The molecule has 0 aliphatic carbocycles. The van der Waals surface area contributed by atoms with Crippen LogP contribution in [-0.2, 0) is 9.53 Å². The van der Waals surface area contributed by atoms with Crippen LogP contribution in [0.5, 0.6) is 5.75 Å². The molecule has 3 aromatic heterocycles. The molecular formula is C19H21IN6O6S. The fourth-order valence-electron chi connectivity index (χ4n) is 2.63. The Morgan fingerprint density at radius 2 is 2.03 bits per heavy atom. The average molecular weight is 588 g/mol. The van der Waals surface area contributed by atoms with Crippen LogP contribution >= 0.6 is 33.9 Å².